The van der Waals surface area contributed by atoms with E-state index in [2.05, 4.69) is 20.6 Å². The van der Waals surface area contributed by atoms with Gasteiger partial charge in [0, 0.05) is 12.6 Å². The summed E-state index contributed by atoms with van der Waals surface area (Å²) in [5.41, 5.74) is 3.60. The molecule has 1 aliphatic heterocycles. The first-order valence-corrected chi connectivity index (χ1v) is 8.89. The fourth-order valence-corrected chi connectivity index (χ4v) is 3.46. The Morgan fingerprint density at radius 1 is 1.28 bits per heavy atom. The fourth-order valence-electron chi connectivity index (χ4n) is 3.46. The van der Waals surface area contributed by atoms with Crippen LogP contribution in [0.15, 0.2) is 30.3 Å². The number of aromatic nitrogens is 2. The van der Waals surface area contributed by atoms with E-state index in [0.29, 0.717) is 12.6 Å². The number of carbonyl (C=O) groups is 1. The van der Waals surface area contributed by atoms with E-state index in [9.17, 15) is 4.79 Å². The van der Waals surface area contributed by atoms with Crippen molar-refractivity contribution in [1.82, 2.24) is 20.0 Å². The van der Waals surface area contributed by atoms with E-state index in [1.165, 1.54) is 6.42 Å². The minimum absolute atomic E-state index is 0.0237. The number of likely N-dealkylation sites (tertiary alicyclic amines) is 1. The zero-order chi connectivity index (χ0) is 17.8. The van der Waals surface area contributed by atoms with Crippen LogP contribution in [0, 0.1) is 13.8 Å². The summed E-state index contributed by atoms with van der Waals surface area (Å²) in [5.74, 6) is 0.0237. The molecule has 0 saturated carbocycles. The number of para-hydroxylation sites is 1. The maximum absolute atomic E-state index is 12.5. The molecule has 1 unspecified atom stereocenters. The number of benzene rings is 1. The molecule has 1 aromatic heterocycles. The zero-order valence-electron chi connectivity index (χ0n) is 15.2. The van der Waals surface area contributed by atoms with Crippen molar-refractivity contribution in [2.75, 3.05) is 32.0 Å². The van der Waals surface area contributed by atoms with Gasteiger partial charge < -0.3 is 10.6 Å². The van der Waals surface area contributed by atoms with Gasteiger partial charge in [0.05, 0.1) is 29.3 Å². The molecule has 3 rings (SSSR count). The van der Waals surface area contributed by atoms with Gasteiger partial charge in [0.25, 0.3) is 0 Å². The maximum Gasteiger partial charge on any atom is 0.238 e. The number of anilines is 1. The number of piperidine rings is 1. The zero-order valence-corrected chi connectivity index (χ0v) is 15.2. The monoisotopic (exact) mass is 341 g/mol. The lowest BCUT2D eigenvalue weighted by atomic mass is 10.1. The molecule has 1 saturated heterocycles. The van der Waals surface area contributed by atoms with Gasteiger partial charge in [-0.15, -0.1) is 0 Å². The Morgan fingerprint density at radius 2 is 2.04 bits per heavy atom. The molecule has 0 spiro atoms. The maximum atomic E-state index is 12.5. The van der Waals surface area contributed by atoms with Gasteiger partial charge in [0.2, 0.25) is 5.91 Å². The van der Waals surface area contributed by atoms with Gasteiger partial charge >= 0.3 is 0 Å². The lowest BCUT2D eigenvalue weighted by Crippen LogP contribution is -2.46. The summed E-state index contributed by atoms with van der Waals surface area (Å²) >= 11 is 0. The smallest absolute Gasteiger partial charge is 0.238 e. The van der Waals surface area contributed by atoms with Gasteiger partial charge in [-0.25, -0.2) is 4.68 Å². The van der Waals surface area contributed by atoms with Crippen molar-refractivity contribution < 1.29 is 4.79 Å². The van der Waals surface area contributed by atoms with Gasteiger partial charge in [-0.2, -0.15) is 5.10 Å². The van der Waals surface area contributed by atoms with E-state index in [0.717, 1.165) is 42.3 Å². The normalized spacial score (nSPS) is 18.3. The second-order valence-corrected chi connectivity index (χ2v) is 6.70. The number of hydrogen-bond donors (Lipinski definition) is 2. The molecule has 134 valence electrons. The molecule has 1 atom stereocenters. The van der Waals surface area contributed by atoms with E-state index in [4.69, 9.17) is 0 Å². The molecule has 6 heteroatoms. The van der Waals surface area contributed by atoms with Gasteiger partial charge in [-0.1, -0.05) is 18.2 Å². The topological polar surface area (TPSA) is 62.2 Å². The van der Waals surface area contributed by atoms with Crippen LogP contribution in [0.3, 0.4) is 0 Å². The van der Waals surface area contributed by atoms with Gasteiger partial charge in [0.15, 0.2) is 0 Å². The third-order valence-electron chi connectivity index (χ3n) is 4.84. The average molecular weight is 341 g/mol. The molecule has 1 fully saturated rings. The molecule has 2 aromatic rings. The van der Waals surface area contributed by atoms with E-state index in [-0.39, 0.29) is 5.91 Å². The predicted octanol–water partition coefficient (Wildman–Crippen LogP) is 2.11. The van der Waals surface area contributed by atoms with Crippen LogP contribution in [-0.2, 0) is 4.79 Å². The van der Waals surface area contributed by atoms with Crippen LogP contribution >= 0.6 is 0 Å². The Balaban J connectivity index is 1.68. The SMILES string of the molecule is CNC1CCCN(CC(=O)Nc2c(C)nn(-c3ccccc3)c2C)C1. The lowest BCUT2D eigenvalue weighted by Gasteiger charge is -2.31. The highest BCUT2D eigenvalue weighted by Gasteiger charge is 2.21. The number of rotatable bonds is 5. The average Bonchev–Trinajstić information content (AvgIpc) is 2.91. The fraction of sp³-hybridized carbons (Fsp3) is 0.474. The first-order valence-electron chi connectivity index (χ1n) is 8.89. The van der Waals surface area contributed by atoms with E-state index < -0.39 is 0 Å². The third-order valence-corrected chi connectivity index (χ3v) is 4.84. The standard InChI is InChI=1S/C19H27N5O/c1-14-19(15(2)24(22-14)17-9-5-4-6-10-17)21-18(25)13-23-11-7-8-16(12-23)20-3/h4-6,9-10,16,20H,7-8,11-13H2,1-3H3,(H,21,25). The molecule has 0 bridgehead atoms. The number of nitrogens with zero attached hydrogens (tertiary/aromatic N) is 3. The highest BCUT2D eigenvalue weighted by Crippen LogP contribution is 2.22. The van der Waals surface area contributed by atoms with Crippen molar-refractivity contribution in [3.63, 3.8) is 0 Å². The quantitative estimate of drug-likeness (QED) is 0.874. The molecule has 0 radical (unpaired) electrons. The van der Waals surface area contributed by atoms with Crippen LogP contribution in [0.5, 0.6) is 0 Å². The largest absolute Gasteiger partial charge is 0.322 e. The minimum atomic E-state index is 0.0237. The number of nitrogens with one attached hydrogen (secondary N) is 2. The van der Waals surface area contributed by atoms with Crippen LogP contribution in [0.4, 0.5) is 5.69 Å². The van der Waals surface area contributed by atoms with Crippen molar-refractivity contribution in [2.45, 2.75) is 32.7 Å². The van der Waals surface area contributed by atoms with E-state index >= 15 is 0 Å². The van der Waals surface area contributed by atoms with Gasteiger partial charge in [-0.3, -0.25) is 9.69 Å². The highest BCUT2D eigenvalue weighted by molar-refractivity contribution is 5.93. The summed E-state index contributed by atoms with van der Waals surface area (Å²) in [7, 11) is 1.99. The van der Waals surface area contributed by atoms with E-state index in [1.54, 1.807) is 0 Å². The predicted molar refractivity (Wildman–Crippen MR) is 100 cm³/mol. The molecular weight excluding hydrogens is 314 g/mol. The number of aryl methyl sites for hydroxylation is 1. The second kappa shape index (κ2) is 7.80. The van der Waals surface area contributed by atoms with Crippen LogP contribution < -0.4 is 10.6 Å². The highest BCUT2D eigenvalue weighted by atomic mass is 16.2. The Bertz CT molecular complexity index is 725. The number of hydrogen-bond acceptors (Lipinski definition) is 4. The molecule has 25 heavy (non-hydrogen) atoms. The number of likely N-dealkylation sites (N-methyl/N-ethyl adjacent to an activating group) is 1. The van der Waals surface area contributed by atoms with Gasteiger partial charge in [-0.05, 0) is 52.4 Å². The van der Waals surface area contributed by atoms with Crippen LogP contribution in [0.1, 0.15) is 24.2 Å². The van der Waals surface area contributed by atoms with Crippen molar-refractivity contribution >= 4 is 11.6 Å². The van der Waals surface area contributed by atoms with Crippen molar-refractivity contribution in [1.29, 1.82) is 0 Å². The first kappa shape index (κ1) is 17.6. The molecule has 6 nitrogen and oxygen atoms in total. The third kappa shape index (κ3) is 4.08. The molecular formula is C19H27N5O. The molecule has 2 heterocycles. The summed E-state index contributed by atoms with van der Waals surface area (Å²) in [6.07, 6.45) is 2.31. The minimum Gasteiger partial charge on any atom is -0.322 e. The van der Waals surface area contributed by atoms with Crippen molar-refractivity contribution in [2.24, 2.45) is 0 Å². The number of carbonyl (C=O) groups excluding carboxylic acids is 1. The summed E-state index contributed by atoms with van der Waals surface area (Å²) in [5, 5.41) is 11.0. The van der Waals surface area contributed by atoms with Crippen molar-refractivity contribution in [3.05, 3.63) is 41.7 Å². The summed E-state index contributed by atoms with van der Waals surface area (Å²) in [4.78, 5) is 14.7. The van der Waals surface area contributed by atoms with Crippen LogP contribution in [0.2, 0.25) is 0 Å². The summed E-state index contributed by atoms with van der Waals surface area (Å²) in [6.45, 7) is 6.24. The Morgan fingerprint density at radius 3 is 2.76 bits per heavy atom. The van der Waals surface area contributed by atoms with Gasteiger partial charge in [0.1, 0.15) is 0 Å². The lowest BCUT2D eigenvalue weighted by molar-refractivity contribution is -0.117. The van der Waals surface area contributed by atoms with Crippen LogP contribution in [-0.4, -0.2) is 53.3 Å². The first-order chi connectivity index (χ1) is 12.1. The van der Waals surface area contributed by atoms with Crippen molar-refractivity contribution in [3.8, 4) is 5.69 Å². The Kier molecular flexibility index (Phi) is 5.50. The molecule has 1 aliphatic rings. The Hall–Kier alpha value is -2.18. The Labute approximate surface area is 149 Å². The second-order valence-electron chi connectivity index (χ2n) is 6.70. The molecule has 0 aliphatic carbocycles. The summed E-state index contributed by atoms with van der Waals surface area (Å²) in [6, 6.07) is 10.4. The molecule has 1 amide bonds. The molecule has 1 aromatic carbocycles. The number of amides is 1. The summed E-state index contributed by atoms with van der Waals surface area (Å²) < 4.78 is 1.88. The van der Waals surface area contributed by atoms with Crippen LogP contribution in [0.25, 0.3) is 5.69 Å². The van der Waals surface area contributed by atoms with E-state index in [1.807, 2.05) is 55.9 Å². The molecule has 2 N–H and O–H groups in total.